The van der Waals surface area contributed by atoms with E-state index in [1.54, 1.807) is 23.1 Å². The molecule has 0 amide bonds. The van der Waals surface area contributed by atoms with E-state index in [0.29, 0.717) is 5.75 Å². The summed E-state index contributed by atoms with van der Waals surface area (Å²) >= 11 is 3.43. The van der Waals surface area contributed by atoms with Crippen molar-refractivity contribution in [2.45, 2.75) is 17.6 Å². The van der Waals surface area contributed by atoms with Gasteiger partial charge in [-0.25, -0.2) is 4.58 Å². The van der Waals surface area contributed by atoms with Crippen molar-refractivity contribution >= 4 is 35.1 Å². The molecule has 1 aromatic carbocycles. The molecule has 0 atom stereocenters. The van der Waals surface area contributed by atoms with Crippen LogP contribution in [0.25, 0.3) is 0 Å². The molecule has 2 rings (SSSR count). The van der Waals surface area contributed by atoms with Gasteiger partial charge in [-0.2, -0.15) is 0 Å². The second kappa shape index (κ2) is 9.28. The van der Waals surface area contributed by atoms with Crippen molar-refractivity contribution in [2.75, 3.05) is 19.8 Å². The molecule has 22 heavy (non-hydrogen) atoms. The average molecular weight is 398 g/mol. The monoisotopic (exact) mass is 397 g/mol. The summed E-state index contributed by atoms with van der Waals surface area (Å²) in [6, 6.07) is 11.7. The van der Waals surface area contributed by atoms with E-state index in [2.05, 4.69) is 19.2 Å². The molecule has 0 unspecified atom stereocenters. The highest BCUT2D eigenvalue weighted by Gasteiger charge is 2.13. The minimum Gasteiger partial charge on any atom is -1.00 e. The third kappa shape index (κ3) is 5.38. The first kappa shape index (κ1) is 19.1. The number of carbonyl (C=O) groups is 1. The molecule has 0 aliphatic rings. The number of nitrogens with zero attached hydrogens (tertiary/aromatic N) is 1. The Hall–Kier alpha value is -0.910. The first-order valence-electron chi connectivity index (χ1n) is 6.95. The van der Waals surface area contributed by atoms with Crippen molar-refractivity contribution in [1.82, 2.24) is 0 Å². The van der Waals surface area contributed by atoms with Crippen molar-refractivity contribution in [2.24, 2.45) is 0 Å². The van der Waals surface area contributed by atoms with Crippen LogP contribution in [0.2, 0.25) is 0 Å². The van der Waals surface area contributed by atoms with Crippen molar-refractivity contribution < 1.29 is 26.4 Å². The van der Waals surface area contributed by atoms with Crippen LogP contribution < -0.4 is 17.0 Å². The fraction of sp³-hybridized carbons (Fsp3) is 0.294. The molecule has 5 heteroatoms. The molecule has 0 bridgehead atoms. The summed E-state index contributed by atoms with van der Waals surface area (Å²) in [6.07, 6.45) is 3.15. The van der Waals surface area contributed by atoms with Gasteiger partial charge in [0.05, 0.1) is 15.5 Å². The first-order chi connectivity index (χ1) is 10.1. The second-order valence-corrected chi connectivity index (χ2v) is 7.36. The smallest absolute Gasteiger partial charge is 0.173 e. The van der Waals surface area contributed by atoms with E-state index >= 15 is 0 Å². The number of benzene rings is 1. The number of hydrogen-bond acceptors (Lipinski definition) is 3. The van der Waals surface area contributed by atoms with Crippen LogP contribution in [-0.4, -0.2) is 36.4 Å². The molecule has 0 radical (unpaired) electrons. The zero-order valence-corrected chi connectivity index (χ0v) is 16.2. The maximum atomic E-state index is 12.2. The molecule has 118 valence electrons. The number of aryl methyl sites for hydroxylation is 1. The third-order valence-electron chi connectivity index (χ3n) is 2.95. The summed E-state index contributed by atoms with van der Waals surface area (Å²) in [5.41, 5.74) is 2.00. The van der Waals surface area contributed by atoms with Gasteiger partial charge in [0.25, 0.3) is 0 Å². The van der Waals surface area contributed by atoms with Crippen LogP contribution in [0.1, 0.15) is 27.7 Å². The molecule has 1 heterocycles. The Labute approximate surface area is 151 Å². The van der Waals surface area contributed by atoms with Crippen LogP contribution in [0.3, 0.4) is 0 Å². The highest BCUT2D eigenvalue weighted by Crippen LogP contribution is 2.32. The van der Waals surface area contributed by atoms with E-state index in [-0.39, 0.29) is 22.8 Å². The fourth-order valence-corrected chi connectivity index (χ4v) is 4.17. The lowest BCUT2D eigenvalue weighted by Gasteiger charge is -2.00. The highest BCUT2D eigenvalue weighted by molar-refractivity contribution is 8.01. The zero-order chi connectivity index (χ0) is 15.2. The number of hydrogen-bond donors (Lipinski definition) is 0. The van der Waals surface area contributed by atoms with E-state index < -0.39 is 0 Å². The molecular formula is C17H20BrNOS2. The van der Waals surface area contributed by atoms with E-state index in [1.165, 1.54) is 14.6 Å². The molecule has 0 spiro atoms. The fourth-order valence-electron chi connectivity index (χ4n) is 1.93. The highest BCUT2D eigenvalue weighted by atomic mass is 79.9. The Bertz CT molecular complexity index is 646. The van der Waals surface area contributed by atoms with Gasteiger partial charge >= 0.3 is 0 Å². The zero-order valence-electron chi connectivity index (χ0n) is 13.0. The SMILES string of the molecule is CCc1cc(C=[N+](C)C)c(SCC(=O)c2ccccc2)s1.[Br-]. The van der Waals surface area contributed by atoms with Crippen LogP contribution in [0.4, 0.5) is 0 Å². The molecule has 0 N–H and O–H groups in total. The number of halogens is 1. The molecule has 0 aliphatic carbocycles. The standard InChI is InChI=1S/C17H20NOS2.BrH/c1-4-15-10-14(11-18(2)3)17(21-15)20-12-16(19)13-8-6-5-7-9-13;/h5-11H,4,12H2,1-3H3;1H/q+1;/p-1. The molecule has 1 aromatic heterocycles. The number of rotatable bonds is 6. The molecule has 0 saturated heterocycles. The normalized spacial score (nSPS) is 9.95. The summed E-state index contributed by atoms with van der Waals surface area (Å²) in [5, 5.41) is 0. The van der Waals surface area contributed by atoms with Crippen molar-refractivity contribution in [1.29, 1.82) is 0 Å². The van der Waals surface area contributed by atoms with Crippen molar-refractivity contribution in [3.8, 4) is 0 Å². The Morgan fingerprint density at radius 3 is 2.55 bits per heavy atom. The van der Waals surface area contributed by atoms with Crippen LogP contribution in [-0.2, 0) is 6.42 Å². The van der Waals surface area contributed by atoms with E-state index in [4.69, 9.17) is 0 Å². The van der Waals surface area contributed by atoms with Crippen LogP contribution in [0.5, 0.6) is 0 Å². The van der Waals surface area contributed by atoms with Gasteiger partial charge in [-0.3, -0.25) is 4.79 Å². The Balaban J connectivity index is 0.00000242. The molecule has 0 fully saturated rings. The minimum atomic E-state index is 0. The number of thiophene rings is 1. The van der Waals surface area contributed by atoms with Crippen LogP contribution >= 0.6 is 23.1 Å². The average Bonchev–Trinajstić information content (AvgIpc) is 2.87. The lowest BCUT2D eigenvalue weighted by molar-refractivity contribution is -0.458. The summed E-state index contributed by atoms with van der Waals surface area (Å²) in [6.45, 7) is 2.16. The first-order valence-corrected chi connectivity index (χ1v) is 8.75. The lowest BCUT2D eigenvalue weighted by atomic mass is 10.2. The molecule has 2 nitrogen and oxygen atoms in total. The van der Waals surface area contributed by atoms with E-state index in [0.717, 1.165) is 12.0 Å². The van der Waals surface area contributed by atoms with Gasteiger partial charge in [0.2, 0.25) is 0 Å². The Kier molecular flexibility index (Phi) is 8.07. The van der Waals surface area contributed by atoms with E-state index in [1.807, 2.05) is 49.0 Å². The van der Waals surface area contributed by atoms with Gasteiger partial charge in [0.15, 0.2) is 12.0 Å². The topological polar surface area (TPSA) is 20.1 Å². The Morgan fingerprint density at radius 2 is 1.95 bits per heavy atom. The van der Waals surface area contributed by atoms with Gasteiger partial charge in [-0.1, -0.05) is 37.3 Å². The molecular weight excluding hydrogens is 378 g/mol. The van der Waals surface area contributed by atoms with Crippen molar-refractivity contribution in [3.05, 3.63) is 52.4 Å². The number of thioether (sulfide) groups is 1. The summed E-state index contributed by atoms with van der Waals surface area (Å²) < 4.78 is 3.27. The van der Waals surface area contributed by atoms with Crippen LogP contribution in [0, 0.1) is 0 Å². The van der Waals surface area contributed by atoms with E-state index in [9.17, 15) is 4.79 Å². The summed E-state index contributed by atoms with van der Waals surface area (Å²) in [5.74, 6) is 0.671. The largest absolute Gasteiger partial charge is 1.00 e. The lowest BCUT2D eigenvalue weighted by Crippen LogP contribution is -3.00. The second-order valence-electron chi connectivity index (χ2n) is 4.98. The summed E-state index contributed by atoms with van der Waals surface area (Å²) in [7, 11) is 4.04. The molecule has 2 aromatic rings. The molecule has 0 aliphatic heterocycles. The predicted octanol–water partition coefficient (Wildman–Crippen LogP) is 0.981. The summed E-state index contributed by atoms with van der Waals surface area (Å²) in [4.78, 5) is 13.6. The number of carbonyl (C=O) groups excluding carboxylic acids is 1. The molecule has 0 saturated carbocycles. The van der Waals surface area contributed by atoms with Gasteiger partial charge in [0, 0.05) is 10.4 Å². The quantitative estimate of drug-likeness (QED) is 0.313. The van der Waals surface area contributed by atoms with Gasteiger partial charge in [0.1, 0.15) is 14.1 Å². The number of ketones is 1. The van der Waals surface area contributed by atoms with Crippen LogP contribution in [0.15, 0.2) is 40.6 Å². The third-order valence-corrected chi connectivity index (χ3v) is 5.55. The minimum absolute atomic E-state index is 0. The maximum Gasteiger partial charge on any atom is 0.173 e. The maximum absolute atomic E-state index is 12.2. The number of Topliss-reactive ketones (excluding diaryl/α,β-unsaturated/α-hetero) is 1. The van der Waals surface area contributed by atoms with Gasteiger partial charge < -0.3 is 17.0 Å². The van der Waals surface area contributed by atoms with Gasteiger partial charge in [-0.05, 0) is 12.5 Å². The predicted molar refractivity (Wildman–Crippen MR) is 92.5 cm³/mol. The van der Waals surface area contributed by atoms with Gasteiger partial charge in [-0.15, -0.1) is 23.1 Å². The van der Waals surface area contributed by atoms with Crippen molar-refractivity contribution in [3.63, 3.8) is 0 Å². The Morgan fingerprint density at radius 1 is 1.27 bits per heavy atom.